The van der Waals surface area contributed by atoms with Gasteiger partial charge in [0.1, 0.15) is 0 Å². The van der Waals surface area contributed by atoms with Crippen LogP contribution < -0.4 is 5.73 Å². The van der Waals surface area contributed by atoms with Crippen LogP contribution in [-0.4, -0.2) is 35.6 Å². The number of aliphatic hydroxyl groups is 1. The fourth-order valence-electron chi connectivity index (χ4n) is 1.64. The van der Waals surface area contributed by atoms with Gasteiger partial charge in [-0.1, -0.05) is 0 Å². The van der Waals surface area contributed by atoms with Crippen molar-refractivity contribution in [2.24, 2.45) is 0 Å². The van der Waals surface area contributed by atoms with Crippen molar-refractivity contribution in [2.45, 2.75) is 13.8 Å². The van der Waals surface area contributed by atoms with E-state index >= 15 is 0 Å². The molecule has 0 radical (unpaired) electrons. The molecule has 16 heavy (non-hydrogen) atoms. The molecule has 3 N–H and O–H groups in total. The molecule has 1 rings (SSSR count). The summed E-state index contributed by atoms with van der Waals surface area (Å²) in [6.07, 6.45) is 0. The van der Waals surface area contributed by atoms with Crippen molar-refractivity contribution in [1.82, 2.24) is 4.90 Å². The number of carbonyl (C=O) groups is 1. The third-order valence-electron chi connectivity index (χ3n) is 2.39. The molecule has 0 heterocycles. The Bertz CT molecular complexity index is 357. The zero-order valence-corrected chi connectivity index (χ0v) is 9.73. The quantitative estimate of drug-likeness (QED) is 0.748. The van der Waals surface area contributed by atoms with E-state index in [1.165, 1.54) is 0 Å². The smallest absolute Gasteiger partial charge is 0.254 e. The van der Waals surface area contributed by atoms with E-state index in [-0.39, 0.29) is 12.5 Å². The van der Waals surface area contributed by atoms with E-state index in [9.17, 15) is 4.79 Å². The van der Waals surface area contributed by atoms with Crippen molar-refractivity contribution in [3.05, 3.63) is 29.3 Å². The molecule has 4 heteroatoms. The van der Waals surface area contributed by atoms with Gasteiger partial charge in [-0.25, -0.2) is 0 Å². The lowest BCUT2D eigenvalue weighted by Crippen LogP contribution is -2.33. The third kappa shape index (κ3) is 2.97. The maximum absolute atomic E-state index is 12.0. The number of anilines is 1. The van der Waals surface area contributed by atoms with Crippen molar-refractivity contribution in [3.63, 3.8) is 0 Å². The number of nitrogens with two attached hydrogens (primary N) is 1. The molecule has 0 unspecified atom stereocenters. The molecular weight excluding hydrogens is 204 g/mol. The highest BCUT2D eigenvalue weighted by atomic mass is 16.3. The molecule has 0 aromatic heterocycles. The number of likely N-dealkylation sites (N-methyl/N-ethyl adjacent to an activating group) is 1. The summed E-state index contributed by atoms with van der Waals surface area (Å²) in [4.78, 5) is 13.6. The first-order valence-corrected chi connectivity index (χ1v) is 5.35. The van der Waals surface area contributed by atoms with Gasteiger partial charge in [0.2, 0.25) is 0 Å². The Balaban J connectivity index is 2.94. The van der Waals surface area contributed by atoms with Crippen molar-refractivity contribution in [3.8, 4) is 0 Å². The number of nitrogens with zero attached hydrogens (tertiary/aromatic N) is 1. The number of rotatable bonds is 4. The van der Waals surface area contributed by atoms with Gasteiger partial charge in [-0.3, -0.25) is 4.79 Å². The SMILES string of the molecule is CCN(CCO)C(=O)c1cc(C)cc(N)c1. The summed E-state index contributed by atoms with van der Waals surface area (Å²) < 4.78 is 0. The highest BCUT2D eigenvalue weighted by Gasteiger charge is 2.13. The van der Waals surface area contributed by atoms with Crippen LogP contribution in [0.2, 0.25) is 0 Å². The Labute approximate surface area is 95.7 Å². The van der Waals surface area contributed by atoms with E-state index in [1.807, 2.05) is 19.9 Å². The van der Waals surface area contributed by atoms with E-state index in [1.54, 1.807) is 17.0 Å². The average Bonchev–Trinajstić information content (AvgIpc) is 2.23. The van der Waals surface area contributed by atoms with Crippen molar-refractivity contribution >= 4 is 11.6 Å². The topological polar surface area (TPSA) is 66.6 Å². The lowest BCUT2D eigenvalue weighted by atomic mass is 10.1. The summed E-state index contributed by atoms with van der Waals surface area (Å²) in [6, 6.07) is 5.28. The first-order valence-electron chi connectivity index (χ1n) is 5.35. The number of hydrogen-bond acceptors (Lipinski definition) is 3. The molecule has 1 aromatic rings. The summed E-state index contributed by atoms with van der Waals surface area (Å²) in [6.45, 7) is 4.68. The number of aliphatic hydroxyl groups excluding tert-OH is 1. The Kier molecular flexibility index (Phi) is 4.31. The second kappa shape index (κ2) is 5.51. The number of hydrogen-bond donors (Lipinski definition) is 2. The van der Waals surface area contributed by atoms with Crippen LogP contribution in [0.1, 0.15) is 22.8 Å². The zero-order valence-electron chi connectivity index (χ0n) is 9.73. The highest BCUT2D eigenvalue weighted by molar-refractivity contribution is 5.95. The predicted octanol–water partition coefficient (Wildman–Crippen LogP) is 1.03. The summed E-state index contributed by atoms with van der Waals surface area (Å²) in [5.74, 6) is -0.0908. The molecule has 0 fully saturated rings. The molecule has 0 aliphatic carbocycles. The molecule has 0 aliphatic rings. The zero-order chi connectivity index (χ0) is 12.1. The van der Waals surface area contributed by atoms with E-state index < -0.39 is 0 Å². The maximum atomic E-state index is 12.0. The van der Waals surface area contributed by atoms with Gasteiger partial charge in [0.25, 0.3) is 5.91 Å². The predicted molar refractivity (Wildman–Crippen MR) is 64.3 cm³/mol. The van der Waals surface area contributed by atoms with E-state index in [0.29, 0.717) is 24.3 Å². The van der Waals surface area contributed by atoms with Crippen molar-refractivity contribution in [1.29, 1.82) is 0 Å². The minimum absolute atomic E-state index is 0.0269. The second-order valence-electron chi connectivity index (χ2n) is 3.74. The molecule has 0 saturated carbocycles. The van der Waals surface area contributed by atoms with Gasteiger partial charge >= 0.3 is 0 Å². The fraction of sp³-hybridized carbons (Fsp3) is 0.417. The largest absolute Gasteiger partial charge is 0.399 e. The Hall–Kier alpha value is -1.55. The number of nitrogen functional groups attached to an aromatic ring is 1. The minimum atomic E-state index is -0.0908. The van der Waals surface area contributed by atoms with Crippen LogP contribution in [0.3, 0.4) is 0 Å². The van der Waals surface area contributed by atoms with Gasteiger partial charge in [-0.15, -0.1) is 0 Å². The summed E-state index contributed by atoms with van der Waals surface area (Å²) >= 11 is 0. The normalized spacial score (nSPS) is 10.2. The molecule has 1 aromatic carbocycles. The monoisotopic (exact) mass is 222 g/mol. The van der Waals surface area contributed by atoms with Crippen LogP contribution in [0.5, 0.6) is 0 Å². The molecule has 1 amide bonds. The molecule has 4 nitrogen and oxygen atoms in total. The van der Waals surface area contributed by atoms with Gasteiger partial charge in [0, 0.05) is 24.3 Å². The highest BCUT2D eigenvalue weighted by Crippen LogP contribution is 2.13. The Morgan fingerprint density at radius 3 is 2.62 bits per heavy atom. The summed E-state index contributed by atoms with van der Waals surface area (Å²) in [5, 5.41) is 8.85. The first kappa shape index (κ1) is 12.5. The number of carbonyl (C=O) groups excluding carboxylic acids is 1. The lowest BCUT2D eigenvalue weighted by Gasteiger charge is -2.20. The van der Waals surface area contributed by atoms with Gasteiger partial charge < -0.3 is 15.7 Å². The number of amides is 1. The third-order valence-corrected chi connectivity index (χ3v) is 2.39. The van der Waals surface area contributed by atoms with Gasteiger partial charge in [0.05, 0.1) is 6.61 Å². The van der Waals surface area contributed by atoms with Crippen LogP contribution in [0, 0.1) is 6.92 Å². The lowest BCUT2D eigenvalue weighted by molar-refractivity contribution is 0.0732. The number of benzene rings is 1. The summed E-state index contributed by atoms with van der Waals surface area (Å²) in [7, 11) is 0. The standard InChI is InChI=1S/C12H18N2O2/c1-3-14(4-5-15)12(16)10-6-9(2)7-11(13)8-10/h6-8,15H,3-5,13H2,1-2H3. The molecule has 88 valence electrons. The Morgan fingerprint density at radius 1 is 1.44 bits per heavy atom. The molecular formula is C12H18N2O2. The van der Waals surface area contributed by atoms with E-state index in [0.717, 1.165) is 5.56 Å². The van der Waals surface area contributed by atoms with Crippen molar-refractivity contribution < 1.29 is 9.90 Å². The fourth-order valence-corrected chi connectivity index (χ4v) is 1.64. The van der Waals surface area contributed by atoms with Crippen LogP contribution in [0.15, 0.2) is 18.2 Å². The van der Waals surface area contributed by atoms with Crippen molar-refractivity contribution in [2.75, 3.05) is 25.4 Å². The molecule has 0 bridgehead atoms. The van der Waals surface area contributed by atoms with E-state index in [4.69, 9.17) is 10.8 Å². The van der Waals surface area contributed by atoms with Crippen LogP contribution in [-0.2, 0) is 0 Å². The van der Waals surface area contributed by atoms with Crippen LogP contribution in [0.25, 0.3) is 0 Å². The maximum Gasteiger partial charge on any atom is 0.254 e. The molecule has 0 atom stereocenters. The van der Waals surface area contributed by atoms with Gasteiger partial charge in [0.15, 0.2) is 0 Å². The number of aryl methyl sites for hydroxylation is 1. The average molecular weight is 222 g/mol. The molecule has 0 spiro atoms. The van der Waals surface area contributed by atoms with Gasteiger partial charge in [-0.05, 0) is 37.6 Å². The first-order chi connectivity index (χ1) is 7.58. The second-order valence-corrected chi connectivity index (χ2v) is 3.74. The van der Waals surface area contributed by atoms with Crippen LogP contribution >= 0.6 is 0 Å². The van der Waals surface area contributed by atoms with Crippen LogP contribution in [0.4, 0.5) is 5.69 Å². The van der Waals surface area contributed by atoms with Gasteiger partial charge in [-0.2, -0.15) is 0 Å². The van der Waals surface area contributed by atoms with E-state index in [2.05, 4.69) is 0 Å². The Morgan fingerprint density at radius 2 is 2.12 bits per heavy atom. The minimum Gasteiger partial charge on any atom is -0.399 e. The molecule has 0 saturated heterocycles. The summed E-state index contributed by atoms with van der Waals surface area (Å²) in [5.41, 5.74) is 7.82. The molecule has 0 aliphatic heterocycles.